The molecule has 1 aromatic rings. The predicted octanol–water partition coefficient (Wildman–Crippen LogP) is 1.81. The second-order valence-corrected chi connectivity index (χ2v) is 5.06. The molecule has 0 bridgehead atoms. The van der Waals surface area contributed by atoms with Gasteiger partial charge in [-0.2, -0.15) is 0 Å². The minimum absolute atomic E-state index is 0.0336. The molecule has 2 aliphatic rings. The summed E-state index contributed by atoms with van der Waals surface area (Å²) in [6.45, 7) is 0.657. The van der Waals surface area contributed by atoms with Gasteiger partial charge in [0, 0.05) is 0 Å². The van der Waals surface area contributed by atoms with Gasteiger partial charge in [0.05, 0.1) is 24.8 Å². The lowest BCUT2D eigenvalue weighted by Gasteiger charge is -2.30. The standard InChI is InChI=1S/C14H18N2O2/c17-14-15-12-7-6-11(8-13(12)16-14)18-9-10-4-2-1-3-5-10/h1-5,11-13H,6-9H2,(H2,15,16,17). The van der Waals surface area contributed by atoms with Crippen LogP contribution in [-0.4, -0.2) is 24.2 Å². The first-order valence-electron chi connectivity index (χ1n) is 6.54. The van der Waals surface area contributed by atoms with Crippen LogP contribution in [0.5, 0.6) is 0 Å². The first-order chi connectivity index (χ1) is 8.81. The minimum Gasteiger partial charge on any atom is -0.373 e. The van der Waals surface area contributed by atoms with E-state index >= 15 is 0 Å². The predicted molar refractivity (Wildman–Crippen MR) is 68.1 cm³/mol. The van der Waals surface area contributed by atoms with E-state index in [1.807, 2.05) is 18.2 Å². The van der Waals surface area contributed by atoms with E-state index in [2.05, 4.69) is 22.8 Å². The van der Waals surface area contributed by atoms with E-state index in [0.717, 1.165) is 19.3 Å². The van der Waals surface area contributed by atoms with E-state index in [0.29, 0.717) is 12.6 Å². The second kappa shape index (κ2) is 4.98. The lowest BCUT2D eigenvalue weighted by molar-refractivity contribution is 0.00774. The van der Waals surface area contributed by atoms with E-state index < -0.39 is 0 Å². The first kappa shape index (κ1) is 11.5. The maximum absolute atomic E-state index is 11.2. The van der Waals surface area contributed by atoms with Gasteiger partial charge in [-0.1, -0.05) is 30.3 Å². The van der Waals surface area contributed by atoms with Gasteiger partial charge in [0.1, 0.15) is 0 Å². The van der Waals surface area contributed by atoms with Crippen molar-refractivity contribution >= 4 is 6.03 Å². The highest BCUT2D eigenvalue weighted by molar-refractivity contribution is 5.77. The van der Waals surface area contributed by atoms with Gasteiger partial charge in [0.25, 0.3) is 0 Å². The molecule has 96 valence electrons. The number of rotatable bonds is 3. The van der Waals surface area contributed by atoms with E-state index in [-0.39, 0.29) is 18.2 Å². The minimum atomic E-state index is -0.0336. The van der Waals surface area contributed by atoms with Crippen molar-refractivity contribution in [2.45, 2.75) is 44.1 Å². The van der Waals surface area contributed by atoms with Crippen LogP contribution in [0.15, 0.2) is 30.3 Å². The third-order valence-corrected chi connectivity index (χ3v) is 3.76. The number of nitrogens with one attached hydrogen (secondary N) is 2. The maximum Gasteiger partial charge on any atom is 0.315 e. The van der Waals surface area contributed by atoms with Crippen LogP contribution in [0, 0.1) is 0 Å². The molecular weight excluding hydrogens is 228 g/mol. The van der Waals surface area contributed by atoms with Crippen LogP contribution in [0.25, 0.3) is 0 Å². The van der Waals surface area contributed by atoms with Crippen LogP contribution in [-0.2, 0) is 11.3 Å². The van der Waals surface area contributed by atoms with Crippen molar-refractivity contribution in [2.24, 2.45) is 0 Å². The largest absolute Gasteiger partial charge is 0.373 e. The third kappa shape index (κ3) is 2.48. The molecule has 2 amide bonds. The number of fused-ring (bicyclic) bond motifs is 1. The highest BCUT2D eigenvalue weighted by Crippen LogP contribution is 2.25. The molecule has 2 N–H and O–H groups in total. The van der Waals surface area contributed by atoms with Crippen molar-refractivity contribution in [3.63, 3.8) is 0 Å². The van der Waals surface area contributed by atoms with Gasteiger partial charge in [-0.3, -0.25) is 0 Å². The van der Waals surface area contributed by atoms with Crippen molar-refractivity contribution in [3.05, 3.63) is 35.9 Å². The van der Waals surface area contributed by atoms with Crippen LogP contribution in [0.2, 0.25) is 0 Å². The summed E-state index contributed by atoms with van der Waals surface area (Å²) in [5.41, 5.74) is 1.20. The summed E-state index contributed by atoms with van der Waals surface area (Å²) in [7, 11) is 0. The van der Waals surface area contributed by atoms with Crippen LogP contribution < -0.4 is 10.6 Å². The molecule has 1 saturated carbocycles. The Morgan fingerprint density at radius 1 is 1.11 bits per heavy atom. The highest BCUT2D eigenvalue weighted by atomic mass is 16.5. The first-order valence-corrected chi connectivity index (χ1v) is 6.54. The summed E-state index contributed by atoms with van der Waals surface area (Å²) in [4.78, 5) is 11.2. The van der Waals surface area contributed by atoms with Crippen molar-refractivity contribution in [3.8, 4) is 0 Å². The SMILES string of the molecule is O=C1NC2CCC(OCc3ccccc3)CC2N1. The summed E-state index contributed by atoms with van der Waals surface area (Å²) in [6.07, 6.45) is 3.20. The van der Waals surface area contributed by atoms with E-state index in [9.17, 15) is 4.79 Å². The molecule has 1 heterocycles. The molecule has 1 saturated heterocycles. The summed E-state index contributed by atoms with van der Waals surface area (Å²) in [6, 6.07) is 10.7. The highest BCUT2D eigenvalue weighted by Gasteiger charge is 2.37. The molecule has 2 fully saturated rings. The quantitative estimate of drug-likeness (QED) is 0.854. The molecule has 1 aliphatic heterocycles. The Morgan fingerprint density at radius 3 is 2.72 bits per heavy atom. The molecule has 0 spiro atoms. The number of hydrogen-bond donors (Lipinski definition) is 2. The smallest absolute Gasteiger partial charge is 0.315 e. The number of urea groups is 1. The second-order valence-electron chi connectivity index (χ2n) is 5.06. The molecule has 3 rings (SSSR count). The number of benzene rings is 1. The third-order valence-electron chi connectivity index (χ3n) is 3.76. The topological polar surface area (TPSA) is 50.4 Å². The van der Waals surface area contributed by atoms with Crippen LogP contribution in [0.3, 0.4) is 0 Å². The lowest BCUT2D eigenvalue weighted by atomic mass is 9.89. The Hall–Kier alpha value is -1.55. The van der Waals surface area contributed by atoms with Crippen molar-refractivity contribution in [1.29, 1.82) is 0 Å². The monoisotopic (exact) mass is 246 g/mol. The van der Waals surface area contributed by atoms with E-state index in [4.69, 9.17) is 4.74 Å². The molecule has 0 radical (unpaired) electrons. The van der Waals surface area contributed by atoms with Gasteiger partial charge >= 0.3 is 6.03 Å². The van der Waals surface area contributed by atoms with Gasteiger partial charge in [-0.15, -0.1) is 0 Å². The van der Waals surface area contributed by atoms with Gasteiger partial charge in [0.2, 0.25) is 0 Å². The zero-order valence-electron chi connectivity index (χ0n) is 10.3. The number of amides is 2. The van der Waals surface area contributed by atoms with Gasteiger partial charge in [-0.05, 0) is 24.8 Å². The van der Waals surface area contributed by atoms with E-state index in [1.54, 1.807) is 0 Å². The fourth-order valence-electron chi connectivity index (χ4n) is 2.78. The van der Waals surface area contributed by atoms with Gasteiger partial charge in [0.15, 0.2) is 0 Å². The Labute approximate surface area is 107 Å². The summed E-state index contributed by atoms with van der Waals surface area (Å²) < 4.78 is 5.93. The van der Waals surface area contributed by atoms with Crippen LogP contribution >= 0.6 is 0 Å². The van der Waals surface area contributed by atoms with Crippen LogP contribution in [0.1, 0.15) is 24.8 Å². The van der Waals surface area contributed by atoms with E-state index in [1.165, 1.54) is 5.56 Å². The summed E-state index contributed by atoms with van der Waals surface area (Å²) in [5.74, 6) is 0. The molecule has 3 unspecified atom stereocenters. The average molecular weight is 246 g/mol. The molecule has 1 aromatic carbocycles. The van der Waals surface area contributed by atoms with Crippen molar-refractivity contribution in [1.82, 2.24) is 10.6 Å². The van der Waals surface area contributed by atoms with Gasteiger partial charge in [-0.25, -0.2) is 4.79 Å². The van der Waals surface area contributed by atoms with Crippen molar-refractivity contribution in [2.75, 3.05) is 0 Å². The normalized spacial score (nSPS) is 30.4. The summed E-state index contributed by atoms with van der Waals surface area (Å²) in [5, 5.41) is 5.90. The zero-order valence-corrected chi connectivity index (χ0v) is 10.3. The average Bonchev–Trinajstić information content (AvgIpc) is 2.77. The molecule has 1 aliphatic carbocycles. The Balaban J connectivity index is 1.51. The Morgan fingerprint density at radius 2 is 1.89 bits per heavy atom. The molecule has 4 heteroatoms. The number of carbonyl (C=O) groups is 1. The fraction of sp³-hybridized carbons (Fsp3) is 0.500. The van der Waals surface area contributed by atoms with Gasteiger partial charge < -0.3 is 15.4 Å². The molecule has 18 heavy (non-hydrogen) atoms. The molecule has 4 nitrogen and oxygen atoms in total. The lowest BCUT2D eigenvalue weighted by Crippen LogP contribution is -2.42. The number of carbonyl (C=O) groups excluding carboxylic acids is 1. The Bertz CT molecular complexity index is 421. The number of hydrogen-bond acceptors (Lipinski definition) is 2. The van der Waals surface area contributed by atoms with Crippen molar-refractivity contribution < 1.29 is 9.53 Å². The zero-order chi connectivity index (χ0) is 12.4. The maximum atomic E-state index is 11.2. The number of ether oxygens (including phenoxy) is 1. The molecule has 3 atom stereocenters. The van der Waals surface area contributed by atoms with Crippen LogP contribution in [0.4, 0.5) is 4.79 Å². The summed E-state index contributed by atoms with van der Waals surface area (Å²) >= 11 is 0. The Kier molecular flexibility index (Phi) is 3.19. The fourth-order valence-corrected chi connectivity index (χ4v) is 2.78. The molecule has 0 aromatic heterocycles. The molecular formula is C14H18N2O2.